The van der Waals surface area contributed by atoms with Crippen LogP contribution >= 0.6 is 11.3 Å². The lowest BCUT2D eigenvalue weighted by molar-refractivity contribution is 0.0159. The van der Waals surface area contributed by atoms with Crippen LogP contribution in [0.15, 0.2) is 21.8 Å². The van der Waals surface area contributed by atoms with Crippen LogP contribution in [0.3, 0.4) is 0 Å². The lowest BCUT2D eigenvalue weighted by Crippen LogP contribution is -2.55. The minimum absolute atomic E-state index is 0.0413. The maximum atomic E-state index is 14.2. The van der Waals surface area contributed by atoms with Gasteiger partial charge in [0.05, 0.1) is 16.7 Å². The van der Waals surface area contributed by atoms with Crippen molar-refractivity contribution in [1.29, 1.82) is 0 Å². The standard InChI is InChI=1S/C21H25F3N6O5S2/c1-11-10-28(6-7-29(11)20(32)35-21(2,3)4)13-8-12(37(24,33)34)9-14-15(13)27(5)19(31)30(14)18-26-25-17(36-18)16(22)23/h8-9,11,16H,6-7,10H2,1-5H3/t11-/m1/s1. The highest BCUT2D eigenvalue weighted by molar-refractivity contribution is 7.86. The molecule has 37 heavy (non-hydrogen) atoms. The summed E-state index contributed by atoms with van der Waals surface area (Å²) in [6, 6.07) is 1.70. The van der Waals surface area contributed by atoms with Crippen LogP contribution in [0.5, 0.6) is 0 Å². The largest absolute Gasteiger partial charge is 0.444 e. The number of hydrogen-bond donors (Lipinski definition) is 0. The predicted octanol–water partition coefficient (Wildman–Crippen LogP) is 3.22. The van der Waals surface area contributed by atoms with Crippen molar-refractivity contribution in [2.75, 3.05) is 24.5 Å². The van der Waals surface area contributed by atoms with Gasteiger partial charge in [0.2, 0.25) is 5.13 Å². The molecule has 1 fully saturated rings. The number of halogens is 3. The molecule has 0 bridgehead atoms. The molecule has 2 aromatic heterocycles. The number of rotatable bonds is 4. The topological polar surface area (TPSA) is 120 Å². The molecule has 1 aliphatic heterocycles. The van der Waals surface area contributed by atoms with Crippen LogP contribution in [0.2, 0.25) is 0 Å². The number of alkyl halides is 2. The zero-order valence-corrected chi connectivity index (χ0v) is 22.2. The highest BCUT2D eigenvalue weighted by Crippen LogP contribution is 2.34. The van der Waals surface area contributed by atoms with Gasteiger partial charge in [0.15, 0.2) is 5.01 Å². The Labute approximate surface area is 214 Å². The zero-order chi connectivity index (χ0) is 27.4. The molecule has 3 aromatic rings. The Morgan fingerprint density at radius 2 is 1.89 bits per heavy atom. The lowest BCUT2D eigenvalue weighted by Gasteiger charge is -2.41. The van der Waals surface area contributed by atoms with Crippen LogP contribution in [0.1, 0.15) is 39.1 Å². The molecule has 4 rings (SSSR count). The van der Waals surface area contributed by atoms with Gasteiger partial charge in [0.25, 0.3) is 6.43 Å². The van der Waals surface area contributed by atoms with E-state index in [2.05, 4.69) is 10.2 Å². The van der Waals surface area contributed by atoms with E-state index in [0.717, 1.165) is 16.7 Å². The van der Waals surface area contributed by atoms with E-state index < -0.39 is 43.9 Å². The molecule has 0 spiro atoms. The average Bonchev–Trinajstić information content (AvgIpc) is 3.34. The molecule has 1 amide bonds. The molecular weight excluding hydrogens is 537 g/mol. The smallest absolute Gasteiger partial charge is 0.410 e. The summed E-state index contributed by atoms with van der Waals surface area (Å²) in [7, 11) is -3.79. The third-order valence-corrected chi connectivity index (χ3v) is 7.50. The second kappa shape index (κ2) is 9.31. The normalized spacial score (nSPS) is 17.2. The Morgan fingerprint density at radius 3 is 2.43 bits per heavy atom. The number of anilines is 1. The number of imidazole rings is 1. The van der Waals surface area contributed by atoms with E-state index in [4.69, 9.17) is 4.74 Å². The summed E-state index contributed by atoms with van der Waals surface area (Å²) in [6.07, 6.45) is -3.42. The molecule has 16 heteroatoms. The quantitative estimate of drug-likeness (QED) is 0.445. The number of benzene rings is 1. The molecule has 0 saturated carbocycles. The Bertz CT molecular complexity index is 1530. The molecule has 1 aromatic carbocycles. The Balaban J connectivity index is 1.83. The van der Waals surface area contributed by atoms with Gasteiger partial charge in [-0.15, -0.1) is 14.1 Å². The van der Waals surface area contributed by atoms with Gasteiger partial charge >= 0.3 is 22.0 Å². The van der Waals surface area contributed by atoms with Gasteiger partial charge in [0.1, 0.15) is 10.5 Å². The molecule has 0 aliphatic carbocycles. The summed E-state index contributed by atoms with van der Waals surface area (Å²) in [5, 5.41) is 6.21. The predicted molar refractivity (Wildman–Crippen MR) is 130 cm³/mol. The van der Waals surface area contributed by atoms with Crippen LogP contribution in [-0.4, -0.2) is 70.0 Å². The van der Waals surface area contributed by atoms with E-state index in [-0.39, 0.29) is 47.5 Å². The van der Waals surface area contributed by atoms with Crippen molar-refractivity contribution in [2.24, 2.45) is 7.05 Å². The number of piperazine rings is 1. The van der Waals surface area contributed by atoms with Gasteiger partial charge in [-0.05, 0) is 39.8 Å². The van der Waals surface area contributed by atoms with Gasteiger partial charge in [-0.1, -0.05) is 11.3 Å². The van der Waals surface area contributed by atoms with Crippen molar-refractivity contribution in [2.45, 2.75) is 50.7 Å². The number of aromatic nitrogens is 4. The molecule has 1 atom stereocenters. The Kier molecular flexibility index (Phi) is 6.77. The van der Waals surface area contributed by atoms with E-state index in [0.29, 0.717) is 11.3 Å². The number of amides is 1. The van der Waals surface area contributed by atoms with Crippen molar-refractivity contribution in [3.8, 4) is 5.13 Å². The first-order valence-corrected chi connectivity index (χ1v) is 13.3. The Morgan fingerprint density at radius 1 is 1.22 bits per heavy atom. The van der Waals surface area contributed by atoms with Crippen LogP contribution in [0, 0.1) is 0 Å². The van der Waals surface area contributed by atoms with E-state index in [1.807, 2.05) is 0 Å². The van der Waals surface area contributed by atoms with Gasteiger partial charge in [-0.25, -0.2) is 22.9 Å². The van der Waals surface area contributed by atoms with E-state index >= 15 is 0 Å². The van der Waals surface area contributed by atoms with Crippen molar-refractivity contribution in [3.05, 3.63) is 27.6 Å². The minimum atomic E-state index is -5.21. The monoisotopic (exact) mass is 562 g/mol. The van der Waals surface area contributed by atoms with Crippen molar-refractivity contribution in [1.82, 2.24) is 24.2 Å². The zero-order valence-electron chi connectivity index (χ0n) is 20.6. The second-order valence-corrected chi connectivity index (χ2v) is 12.0. The van der Waals surface area contributed by atoms with Gasteiger partial charge in [0, 0.05) is 32.7 Å². The summed E-state index contributed by atoms with van der Waals surface area (Å²) in [5.41, 5.74) is -0.979. The number of ether oxygens (including phenoxy) is 1. The van der Waals surface area contributed by atoms with Gasteiger partial charge < -0.3 is 14.5 Å². The molecule has 1 saturated heterocycles. The number of hydrogen-bond acceptors (Lipinski definition) is 9. The number of nitrogens with zero attached hydrogens (tertiary/aromatic N) is 6. The molecule has 0 radical (unpaired) electrons. The molecule has 11 nitrogen and oxygen atoms in total. The van der Waals surface area contributed by atoms with Crippen LogP contribution in [0.4, 0.5) is 23.1 Å². The van der Waals surface area contributed by atoms with Crippen molar-refractivity contribution < 1.29 is 30.6 Å². The molecule has 0 N–H and O–H groups in total. The van der Waals surface area contributed by atoms with Crippen LogP contribution in [0.25, 0.3) is 16.2 Å². The van der Waals surface area contributed by atoms with E-state index in [1.54, 1.807) is 32.6 Å². The highest BCUT2D eigenvalue weighted by atomic mass is 32.3. The van der Waals surface area contributed by atoms with E-state index in [9.17, 15) is 30.7 Å². The third kappa shape index (κ3) is 5.16. The summed E-state index contributed by atoms with van der Waals surface area (Å²) in [5.74, 6) is 0. The fourth-order valence-electron chi connectivity index (χ4n) is 4.18. The van der Waals surface area contributed by atoms with Gasteiger partial charge in [-0.2, -0.15) is 8.42 Å². The maximum absolute atomic E-state index is 14.2. The first kappa shape index (κ1) is 26.9. The number of fused-ring (bicyclic) bond motifs is 1. The minimum Gasteiger partial charge on any atom is -0.444 e. The summed E-state index contributed by atoms with van der Waals surface area (Å²) in [4.78, 5) is 28.3. The molecule has 1 aliphatic rings. The number of carbonyl (C=O) groups is 1. The second-order valence-electron chi connectivity index (χ2n) is 9.62. The summed E-state index contributed by atoms with van der Waals surface area (Å²) >= 11 is 0.462. The first-order valence-electron chi connectivity index (χ1n) is 11.1. The number of aryl methyl sites for hydroxylation is 1. The first-order chi connectivity index (χ1) is 17.1. The van der Waals surface area contributed by atoms with Gasteiger partial charge in [-0.3, -0.25) is 4.57 Å². The maximum Gasteiger partial charge on any atom is 0.410 e. The van der Waals surface area contributed by atoms with Crippen LogP contribution < -0.4 is 10.6 Å². The van der Waals surface area contributed by atoms with Crippen molar-refractivity contribution in [3.63, 3.8) is 0 Å². The summed E-state index contributed by atoms with van der Waals surface area (Å²) < 4.78 is 71.8. The fraction of sp³-hybridized carbons (Fsp3) is 0.524. The molecule has 3 heterocycles. The van der Waals surface area contributed by atoms with Crippen molar-refractivity contribution >= 4 is 44.4 Å². The average molecular weight is 563 g/mol. The number of carbonyl (C=O) groups excluding carboxylic acids is 1. The Hall–Kier alpha value is -3.14. The SMILES string of the molecule is C[C@@H]1CN(c2cc(S(=O)(=O)F)cc3c2n(C)c(=O)n3-c2nnc(C(F)F)s2)CCN1C(=O)OC(C)(C)C. The molecular formula is C21H25F3N6O5S2. The van der Waals surface area contributed by atoms with Crippen LogP contribution in [-0.2, 0) is 22.0 Å². The molecule has 202 valence electrons. The molecule has 0 unspecified atom stereocenters. The lowest BCUT2D eigenvalue weighted by atomic mass is 10.1. The van der Waals surface area contributed by atoms with E-state index in [1.165, 1.54) is 16.5 Å². The third-order valence-electron chi connectivity index (χ3n) is 5.78. The fourth-order valence-corrected chi connectivity index (χ4v) is 5.39. The summed E-state index contributed by atoms with van der Waals surface area (Å²) in [6.45, 7) is 7.68. The highest BCUT2D eigenvalue weighted by Gasteiger charge is 2.33.